The van der Waals surface area contributed by atoms with Crippen LogP contribution >= 0.6 is 7.60 Å². The first-order valence-electron chi connectivity index (χ1n) is 9.25. The molecule has 0 saturated heterocycles. The molecule has 0 fully saturated rings. The molecule has 2 aromatic rings. The zero-order valence-corrected chi connectivity index (χ0v) is 18.4. The van der Waals surface area contributed by atoms with Gasteiger partial charge in [-0.15, -0.1) is 0 Å². The van der Waals surface area contributed by atoms with Crippen LogP contribution in [0.4, 0.5) is 5.69 Å². The molecule has 2 rings (SSSR count). The van der Waals surface area contributed by atoms with E-state index in [9.17, 15) is 19.5 Å². The normalized spacial score (nSPS) is 12.9. The van der Waals surface area contributed by atoms with Crippen molar-refractivity contribution in [3.63, 3.8) is 0 Å². The molecule has 0 spiro atoms. The molecule has 1 aromatic heterocycles. The smallest absolute Gasteiger partial charge is 0.344 e. The van der Waals surface area contributed by atoms with E-state index in [1.54, 1.807) is 17.3 Å². The maximum absolute atomic E-state index is 11.8. The first-order valence-corrected chi connectivity index (χ1v) is 11.0. The van der Waals surface area contributed by atoms with E-state index in [0.29, 0.717) is 12.2 Å². The summed E-state index contributed by atoms with van der Waals surface area (Å²) in [4.78, 5) is 25.0. The molecule has 28 heavy (non-hydrogen) atoms. The van der Waals surface area contributed by atoms with Gasteiger partial charge in [-0.3, -0.25) is 9.55 Å². The molecule has 154 valence electrons. The predicted molar refractivity (Wildman–Crippen MR) is 113 cm³/mol. The molecule has 3 N–H and O–H groups in total. The highest BCUT2D eigenvalue weighted by atomic mass is 31.2. The van der Waals surface area contributed by atoms with Crippen LogP contribution in [0.25, 0.3) is 0 Å². The Kier molecular flexibility index (Phi) is 6.29. The quantitative estimate of drug-likeness (QED) is 0.632. The van der Waals surface area contributed by atoms with E-state index < -0.39 is 13.9 Å². The number of nitrogens with zero attached hydrogens (tertiary/aromatic N) is 2. The Labute approximate surface area is 167 Å². The fourth-order valence-corrected chi connectivity index (χ4v) is 3.81. The fourth-order valence-electron chi connectivity index (χ4n) is 3.10. The third kappa shape index (κ3) is 5.81. The van der Waals surface area contributed by atoms with Gasteiger partial charge in [0.1, 0.15) is 12.0 Å². The lowest BCUT2D eigenvalue weighted by Crippen LogP contribution is -2.26. The van der Waals surface area contributed by atoms with Crippen molar-refractivity contribution >= 4 is 13.3 Å². The number of anilines is 1. The largest absolute Gasteiger partial charge is 0.507 e. The molecule has 0 unspecified atom stereocenters. The third-order valence-corrected chi connectivity index (χ3v) is 5.26. The number of hydrogen-bond acceptors (Lipinski definition) is 4. The molecule has 6 nitrogen and oxygen atoms in total. The average Bonchev–Trinajstić information content (AvgIpc) is 2.52. The van der Waals surface area contributed by atoms with Crippen molar-refractivity contribution in [2.75, 3.05) is 11.2 Å². The van der Waals surface area contributed by atoms with E-state index in [2.05, 4.69) is 4.98 Å². The molecular weight excluding hydrogens is 375 g/mol. The number of rotatable bonds is 5. The Morgan fingerprint density at radius 1 is 0.964 bits per heavy atom. The van der Waals surface area contributed by atoms with Crippen molar-refractivity contribution < 1.29 is 19.5 Å². The molecular formula is C21H31N2O4P. The van der Waals surface area contributed by atoms with E-state index >= 15 is 0 Å². The van der Waals surface area contributed by atoms with Gasteiger partial charge >= 0.3 is 7.60 Å². The first-order chi connectivity index (χ1) is 12.7. The first kappa shape index (κ1) is 22.4. The average molecular weight is 406 g/mol. The number of aromatic hydroxyl groups is 1. The van der Waals surface area contributed by atoms with E-state index in [1.165, 1.54) is 0 Å². The highest BCUT2D eigenvalue weighted by Gasteiger charge is 2.29. The van der Waals surface area contributed by atoms with E-state index in [0.717, 1.165) is 16.7 Å². The minimum absolute atomic E-state index is 0.240. The van der Waals surface area contributed by atoms with Gasteiger partial charge in [-0.2, -0.15) is 0 Å². The summed E-state index contributed by atoms with van der Waals surface area (Å²) in [5.41, 5.74) is 2.41. The highest BCUT2D eigenvalue weighted by molar-refractivity contribution is 7.51. The highest BCUT2D eigenvalue weighted by Crippen LogP contribution is 2.44. The maximum Gasteiger partial charge on any atom is 0.344 e. The van der Waals surface area contributed by atoms with Crippen molar-refractivity contribution in [1.82, 2.24) is 4.98 Å². The van der Waals surface area contributed by atoms with E-state index in [1.807, 2.05) is 65.8 Å². The molecule has 1 heterocycles. The lowest BCUT2D eigenvalue weighted by molar-refractivity contribution is 0.372. The number of pyridine rings is 1. The Morgan fingerprint density at radius 2 is 1.43 bits per heavy atom. The number of benzene rings is 1. The van der Waals surface area contributed by atoms with E-state index in [4.69, 9.17) is 0 Å². The summed E-state index contributed by atoms with van der Waals surface area (Å²) in [7, 11) is -4.30. The predicted octanol–water partition coefficient (Wildman–Crippen LogP) is 4.52. The van der Waals surface area contributed by atoms with Crippen LogP contribution in [0.3, 0.4) is 0 Å². The number of aromatic nitrogens is 1. The lowest BCUT2D eigenvalue weighted by atomic mass is 9.79. The van der Waals surface area contributed by atoms with Gasteiger partial charge in [0.25, 0.3) is 0 Å². The molecule has 7 heteroatoms. The molecule has 0 aliphatic heterocycles. The van der Waals surface area contributed by atoms with Crippen LogP contribution in [-0.2, 0) is 21.9 Å². The maximum atomic E-state index is 11.8. The van der Waals surface area contributed by atoms with Crippen molar-refractivity contribution in [1.29, 1.82) is 0 Å². The van der Waals surface area contributed by atoms with Gasteiger partial charge in [-0.05, 0) is 40.7 Å². The minimum atomic E-state index is -4.30. The van der Waals surface area contributed by atoms with Gasteiger partial charge in [0, 0.05) is 35.8 Å². The van der Waals surface area contributed by atoms with Crippen molar-refractivity contribution in [2.24, 2.45) is 0 Å². The second kappa shape index (κ2) is 7.86. The molecule has 0 saturated carbocycles. The van der Waals surface area contributed by atoms with Gasteiger partial charge in [0.2, 0.25) is 0 Å². The zero-order valence-electron chi connectivity index (χ0n) is 17.5. The molecule has 0 atom stereocenters. The van der Waals surface area contributed by atoms with Gasteiger partial charge in [0.15, 0.2) is 0 Å². The molecule has 0 bridgehead atoms. The standard InChI is InChI=1S/C21H31N2O4P/c1-20(2,3)17-11-16(12-18(19(17)24)21(4,5)6)23(14-28(25,26)27)13-15-7-9-22-10-8-15/h7-12,24H,13-14H2,1-6H3,(H2,25,26,27). The SMILES string of the molecule is CC(C)(C)c1cc(N(Cc2ccncc2)CP(=O)(O)O)cc(C(C)(C)C)c1O. The third-order valence-electron chi connectivity index (χ3n) is 4.55. The zero-order chi connectivity index (χ0) is 21.3. The van der Waals surface area contributed by atoms with Crippen LogP contribution in [0, 0.1) is 0 Å². The van der Waals surface area contributed by atoms with Crippen LogP contribution in [0.5, 0.6) is 5.75 Å². The topological polar surface area (TPSA) is 93.9 Å². The Balaban J connectivity index is 2.65. The van der Waals surface area contributed by atoms with Crippen molar-refractivity contribution in [2.45, 2.75) is 58.9 Å². The Morgan fingerprint density at radius 3 is 1.82 bits per heavy atom. The molecule has 1 aromatic carbocycles. The summed E-state index contributed by atoms with van der Waals surface area (Å²) in [6.45, 7) is 12.4. The summed E-state index contributed by atoms with van der Waals surface area (Å²) < 4.78 is 11.8. The molecule has 0 radical (unpaired) electrons. The summed E-state index contributed by atoms with van der Waals surface area (Å²) in [6.07, 6.45) is 2.90. The van der Waals surface area contributed by atoms with Crippen LogP contribution in [0.2, 0.25) is 0 Å². The second-order valence-electron chi connectivity index (χ2n) is 9.25. The monoisotopic (exact) mass is 406 g/mol. The summed E-state index contributed by atoms with van der Waals surface area (Å²) in [6, 6.07) is 7.31. The minimum Gasteiger partial charge on any atom is -0.507 e. The number of hydrogen-bond donors (Lipinski definition) is 3. The number of phenolic OH excluding ortho intramolecular Hbond substituents is 1. The van der Waals surface area contributed by atoms with Gasteiger partial charge in [-0.1, -0.05) is 41.5 Å². The summed E-state index contributed by atoms with van der Waals surface area (Å²) in [5, 5.41) is 10.9. The van der Waals surface area contributed by atoms with Crippen LogP contribution < -0.4 is 4.90 Å². The second-order valence-corrected chi connectivity index (χ2v) is 10.9. The van der Waals surface area contributed by atoms with Crippen molar-refractivity contribution in [3.8, 4) is 5.75 Å². The van der Waals surface area contributed by atoms with Gasteiger partial charge in [0.05, 0.1) is 0 Å². The Hall–Kier alpha value is -1.88. The van der Waals surface area contributed by atoms with E-state index in [-0.39, 0.29) is 16.6 Å². The van der Waals surface area contributed by atoms with Crippen molar-refractivity contribution in [3.05, 3.63) is 53.3 Å². The Bertz CT molecular complexity index is 829. The molecule has 0 aliphatic carbocycles. The lowest BCUT2D eigenvalue weighted by Gasteiger charge is -2.32. The summed E-state index contributed by atoms with van der Waals surface area (Å²) in [5.74, 6) is 0.240. The van der Waals surface area contributed by atoms with Crippen LogP contribution in [0.15, 0.2) is 36.7 Å². The van der Waals surface area contributed by atoms with Gasteiger partial charge < -0.3 is 19.8 Å². The molecule has 0 amide bonds. The molecule has 0 aliphatic rings. The van der Waals surface area contributed by atoms with Crippen LogP contribution in [0.1, 0.15) is 58.2 Å². The van der Waals surface area contributed by atoms with Gasteiger partial charge in [-0.25, -0.2) is 0 Å². The summed E-state index contributed by atoms with van der Waals surface area (Å²) >= 11 is 0. The number of phenols is 1. The van der Waals surface area contributed by atoms with Crippen LogP contribution in [-0.4, -0.2) is 26.2 Å². The fraction of sp³-hybridized carbons (Fsp3) is 0.476.